The zero-order chi connectivity index (χ0) is 32.5. The number of hydrogen-bond donors (Lipinski definition) is 0. The molecule has 44 heavy (non-hydrogen) atoms. The Hall–Kier alpha value is -4.16. The van der Waals surface area contributed by atoms with Crippen LogP contribution in [0.2, 0.25) is 0 Å². The minimum Gasteiger partial charge on any atom is -0.493 e. The molecule has 0 aromatic heterocycles. The van der Waals surface area contributed by atoms with Gasteiger partial charge in [-0.15, -0.1) is 0 Å². The Labute approximate surface area is 260 Å². The average molecular weight is 619 g/mol. The van der Waals surface area contributed by atoms with Gasteiger partial charge in [0, 0.05) is 32.3 Å². The standard InChI is InChI=1S/C32H46N2O10/c1-33(13-9-17-43-29(35)12-11-23-19-25(37-3)30(41-7)26(20-23)38-4)15-16-34(2)14-10-18-44-32(36)24-21-27(39-5)31(42-8)28(22-24)40-6/h11-12,19-22H,9-10,13-18H2,1-8H3/b12-11+. The van der Waals surface area contributed by atoms with Crippen LogP contribution >= 0.6 is 0 Å². The predicted molar refractivity (Wildman–Crippen MR) is 167 cm³/mol. The third-order valence-corrected chi connectivity index (χ3v) is 6.71. The highest BCUT2D eigenvalue weighted by Gasteiger charge is 2.18. The van der Waals surface area contributed by atoms with Gasteiger partial charge < -0.3 is 47.7 Å². The molecule has 2 rings (SSSR count). The summed E-state index contributed by atoms with van der Waals surface area (Å²) in [5.74, 6) is 1.82. The number of carbonyl (C=O) groups excluding carboxylic acids is 2. The predicted octanol–water partition coefficient (Wildman–Crippen LogP) is 3.80. The van der Waals surface area contributed by atoms with Gasteiger partial charge in [0.05, 0.1) is 61.4 Å². The Balaban J connectivity index is 1.64. The lowest BCUT2D eigenvalue weighted by Gasteiger charge is -2.22. The molecule has 2 aromatic rings. The summed E-state index contributed by atoms with van der Waals surface area (Å²) in [7, 11) is 13.2. The Morgan fingerprint density at radius 1 is 0.614 bits per heavy atom. The van der Waals surface area contributed by atoms with Crippen LogP contribution in [0.1, 0.15) is 28.8 Å². The van der Waals surface area contributed by atoms with Gasteiger partial charge in [-0.25, -0.2) is 9.59 Å². The van der Waals surface area contributed by atoms with E-state index < -0.39 is 11.9 Å². The van der Waals surface area contributed by atoms with E-state index in [1.54, 1.807) is 30.3 Å². The number of ether oxygens (including phenoxy) is 8. The highest BCUT2D eigenvalue weighted by molar-refractivity contribution is 5.91. The van der Waals surface area contributed by atoms with Gasteiger partial charge in [-0.2, -0.15) is 0 Å². The van der Waals surface area contributed by atoms with Crippen molar-refractivity contribution in [2.45, 2.75) is 12.8 Å². The molecule has 0 aliphatic carbocycles. The van der Waals surface area contributed by atoms with E-state index in [1.807, 2.05) is 14.1 Å². The molecular weight excluding hydrogens is 572 g/mol. The smallest absolute Gasteiger partial charge is 0.338 e. The lowest BCUT2D eigenvalue weighted by atomic mass is 10.1. The van der Waals surface area contributed by atoms with Crippen molar-refractivity contribution in [3.8, 4) is 34.5 Å². The van der Waals surface area contributed by atoms with Crippen molar-refractivity contribution in [1.29, 1.82) is 0 Å². The summed E-state index contributed by atoms with van der Waals surface area (Å²) in [5, 5.41) is 0. The molecule has 12 nitrogen and oxygen atoms in total. The highest BCUT2D eigenvalue weighted by Crippen LogP contribution is 2.39. The molecule has 0 N–H and O–H groups in total. The first-order valence-corrected chi connectivity index (χ1v) is 14.2. The van der Waals surface area contributed by atoms with E-state index in [-0.39, 0.29) is 6.61 Å². The summed E-state index contributed by atoms with van der Waals surface area (Å²) in [6.45, 7) is 3.84. The van der Waals surface area contributed by atoms with Gasteiger partial charge in [0.1, 0.15) is 0 Å². The SMILES string of the molecule is COc1cc(/C=C/C(=O)OCCCN(C)CCN(C)CCCOC(=O)c2cc(OC)c(OC)c(OC)c2)cc(OC)c1OC. The second kappa shape index (κ2) is 19.2. The molecule has 0 heterocycles. The van der Waals surface area contributed by atoms with Crippen molar-refractivity contribution in [3.63, 3.8) is 0 Å². The molecule has 0 radical (unpaired) electrons. The number of nitrogens with zero attached hydrogens (tertiary/aromatic N) is 2. The van der Waals surface area contributed by atoms with E-state index in [2.05, 4.69) is 9.80 Å². The maximum absolute atomic E-state index is 12.5. The molecule has 0 fully saturated rings. The molecule has 0 saturated carbocycles. The van der Waals surface area contributed by atoms with Crippen molar-refractivity contribution in [2.24, 2.45) is 0 Å². The van der Waals surface area contributed by atoms with Crippen molar-refractivity contribution < 1.29 is 47.5 Å². The quantitative estimate of drug-likeness (QED) is 0.122. The van der Waals surface area contributed by atoms with Gasteiger partial charge in [0.2, 0.25) is 11.5 Å². The van der Waals surface area contributed by atoms with E-state index in [0.29, 0.717) is 59.5 Å². The second-order valence-corrected chi connectivity index (χ2v) is 9.82. The molecule has 2 aromatic carbocycles. The Bertz CT molecular complexity index is 1180. The normalized spacial score (nSPS) is 11.0. The van der Waals surface area contributed by atoms with E-state index >= 15 is 0 Å². The summed E-state index contributed by atoms with van der Waals surface area (Å²) in [6, 6.07) is 6.64. The number of rotatable bonds is 20. The number of methoxy groups -OCH3 is 6. The minimum absolute atomic E-state index is 0.287. The van der Waals surface area contributed by atoms with Crippen LogP contribution in [0, 0.1) is 0 Å². The van der Waals surface area contributed by atoms with Gasteiger partial charge in [-0.1, -0.05) is 0 Å². The molecule has 244 valence electrons. The molecule has 12 heteroatoms. The van der Waals surface area contributed by atoms with Gasteiger partial charge in [0.15, 0.2) is 23.0 Å². The molecule has 0 unspecified atom stereocenters. The van der Waals surface area contributed by atoms with E-state index in [1.165, 1.54) is 48.7 Å². The molecule has 0 atom stereocenters. The Morgan fingerprint density at radius 3 is 1.48 bits per heavy atom. The topological polar surface area (TPSA) is 114 Å². The fourth-order valence-electron chi connectivity index (χ4n) is 4.26. The zero-order valence-corrected chi connectivity index (χ0v) is 27.1. The third-order valence-electron chi connectivity index (χ3n) is 6.71. The summed E-state index contributed by atoms with van der Waals surface area (Å²) < 4.78 is 42.7. The van der Waals surface area contributed by atoms with Crippen molar-refractivity contribution in [3.05, 3.63) is 41.5 Å². The van der Waals surface area contributed by atoms with E-state index in [0.717, 1.165) is 31.7 Å². The molecule has 0 amide bonds. The molecule has 0 aliphatic rings. The summed E-state index contributed by atoms with van der Waals surface area (Å²) >= 11 is 0. The second-order valence-electron chi connectivity index (χ2n) is 9.82. The van der Waals surface area contributed by atoms with Crippen molar-refractivity contribution >= 4 is 18.0 Å². The van der Waals surface area contributed by atoms with Crippen molar-refractivity contribution in [2.75, 3.05) is 96.1 Å². The molecule has 0 spiro atoms. The number of carbonyl (C=O) groups is 2. The number of likely N-dealkylation sites (N-methyl/N-ethyl adjacent to an activating group) is 2. The highest BCUT2D eigenvalue weighted by atomic mass is 16.5. The first-order chi connectivity index (χ1) is 21.2. The molecular formula is C32H46N2O10. The zero-order valence-electron chi connectivity index (χ0n) is 27.1. The maximum atomic E-state index is 12.5. The first-order valence-electron chi connectivity index (χ1n) is 14.2. The lowest BCUT2D eigenvalue weighted by Crippen LogP contribution is -2.32. The maximum Gasteiger partial charge on any atom is 0.338 e. The van der Waals surface area contributed by atoms with Crippen LogP contribution in [0.4, 0.5) is 0 Å². The van der Waals surface area contributed by atoms with Crippen LogP contribution in [0.25, 0.3) is 6.08 Å². The van der Waals surface area contributed by atoms with Gasteiger partial charge >= 0.3 is 11.9 Å². The van der Waals surface area contributed by atoms with Crippen LogP contribution in [0.15, 0.2) is 30.3 Å². The first kappa shape index (κ1) is 36.0. The number of esters is 2. The fourth-order valence-corrected chi connectivity index (χ4v) is 4.26. The summed E-state index contributed by atoms with van der Waals surface area (Å²) in [6.07, 6.45) is 4.42. The van der Waals surface area contributed by atoms with Crippen molar-refractivity contribution in [1.82, 2.24) is 9.80 Å². The van der Waals surface area contributed by atoms with Gasteiger partial charge in [-0.3, -0.25) is 0 Å². The van der Waals surface area contributed by atoms with Gasteiger partial charge in [0.25, 0.3) is 0 Å². The Morgan fingerprint density at radius 2 is 1.05 bits per heavy atom. The van der Waals surface area contributed by atoms with Crippen LogP contribution in [0.5, 0.6) is 34.5 Å². The lowest BCUT2D eigenvalue weighted by molar-refractivity contribution is -0.137. The monoisotopic (exact) mass is 618 g/mol. The largest absolute Gasteiger partial charge is 0.493 e. The number of benzene rings is 2. The molecule has 0 saturated heterocycles. The average Bonchev–Trinajstić information content (AvgIpc) is 3.04. The van der Waals surface area contributed by atoms with Crippen LogP contribution < -0.4 is 28.4 Å². The Kier molecular flexibility index (Phi) is 15.7. The van der Waals surface area contributed by atoms with E-state index in [9.17, 15) is 9.59 Å². The third kappa shape index (κ3) is 11.2. The fraction of sp³-hybridized carbons (Fsp3) is 0.500. The molecule has 0 aliphatic heterocycles. The van der Waals surface area contributed by atoms with Crippen LogP contribution in [-0.4, -0.2) is 118 Å². The summed E-state index contributed by atoms with van der Waals surface area (Å²) in [4.78, 5) is 29.1. The molecule has 0 bridgehead atoms. The van der Waals surface area contributed by atoms with E-state index in [4.69, 9.17) is 37.9 Å². The minimum atomic E-state index is -0.455. The van der Waals surface area contributed by atoms with Crippen LogP contribution in [0.3, 0.4) is 0 Å². The van der Waals surface area contributed by atoms with Gasteiger partial charge in [-0.05, 0) is 62.8 Å². The summed E-state index contributed by atoms with van der Waals surface area (Å²) in [5.41, 5.74) is 1.05. The number of hydrogen-bond acceptors (Lipinski definition) is 12. The van der Waals surface area contributed by atoms with Crippen LogP contribution in [-0.2, 0) is 14.3 Å².